The number of rotatable bonds is 15. The Bertz CT molecular complexity index is 1230. The van der Waals surface area contributed by atoms with E-state index in [1.165, 1.54) is 0 Å². The number of nitrogens with zero attached hydrogens (tertiary/aromatic N) is 2. The molecule has 8 nitrogen and oxygen atoms in total. The molecule has 2 aromatic heterocycles. The minimum Gasteiger partial charge on any atom is -0.376 e. The number of hydrogen-bond acceptors (Lipinski definition) is 12. The maximum Gasteiger partial charge on any atom is 0.514 e. The first-order valence-electron chi connectivity index (χ1n) is 12.5. The number of thiazole rings is 2. The predicted molar refractivity (Wildman–Crippen MR) is 172 cm³/mol. The lowest BCUT2D eigenvalue weighted by Gasteiger charge is -2.40. The number of aromatic nitrogens is 2. The Morgan fingerprint density at radius 1 is 0.600 bits per heavy atom. The van der Waals surface area contributed by atoms with Crippen molar-refractivity contribution in [3.8, 4) is 0 Å². The zero-order valence-corrected chi connectivity index (χ0v) is 29.3. The van der Waals surface area contributed by atoms with Crippen LogP contribution in [-0.2, 0) is 36.6 Å². The van der Waals surface area contributed by atoms with Crippen LogP contribution < -0.4 is 0 Å². The van der Waals surface area contributed by atoms with Crippen molar-refractivity contribution in [2.45, 2.75) is 23.9 Å². The summed E-state index contributed by atoms with van der Waals surface area (Å²) in [5.74, 6) is 1.30. The molecule has 0 N–H and O–H groups in total. The van der Waals surface area contributed by atoms with Crippen LogP contribution in [0.4, 0.5) is 0 Å². The lowest BCUT2D eigenvalue weighted by molar-refractivity contribution is 0.0975. The second kappa shape index (κ2) is 13.2. The van der Waals surface area contributed by atoms with Crippen LogP contribution in [0.15, 0.2) is 48.5 Å². The first kappa shape index (κ1) is 32.0. The van der Waals surface area contributed by atoms with Gasteiger partial charge in [-0.2, -0.15) is 0 Å². The van der Waals surface area contributed by atoms with Gasteiger partial charge in [-0.3, -0.25) is 0 Å². The second-order valence-electron chi connectivity index (χ2n) is 9.50. The van der Waals surface area contributed by atoms with Crippen molar-refractivity contribution >= 4 is 82.3 Å². The van der Waals surface area contributed by atoms with E-state index in [1.807, 2.05) is 36.4 Å². The van der Waals surface area contributed by atoms with E-state index >= 15 is 0 Å². The third-order valence-corrected chi connectivity index (χ3v) is 20.3. The molecular weight excluding hydrogens is 621 g/mol. The van der Waals surface area contributed by atoms with Gasteiger partial charge in [0.25, 0.3) is 0 Å². The second-order valence-corrected chi connectivity index (χ2v) is 20.9. The Kier molecular flexibility index (Phi) is 10.6. The lowest BCUT2D eigenvalue weighted by atomic mass is 10.2. The highest BCUT2D eigenvalue weighted by Crippen LogP contribution is 2.47. The van der Waals surface area contributed by atoms with Gasteiger partial charge in [-0.05, 0) is 38.1 Å². The minimum atomic E-state index is -3.18. The standard InChI is InChI=1S/C26H36N2O6S4Si2/c1-25(39(29-3,30-4)31-5,23-27-19-13-9-11-15-21(19)37-23)17-35-36-18-26(2,40(32-6,33-7)34-8)24-28-20-14-10-12-16-22(20)38-24/h9-16H,17-18H2,1-8H3. The van der Waals surface area contributed by atoms with E-state index < -0.39 is 27.7 Å². The topological polar surface area (TPSA) is 81.2 Å². The van der Waals surface area contributed by atoms with Gasteiger partial charge in [0.1, 0.15) is 10.0 Å². The number of para-hydroxylation sites is 2. The van der Waals surface area contributed by atoms with Crippen molar-refractivity contribution < 1.29 is 26.6 Å². The number of hydrogen-bond donors (Lipinski definition) is 0. The van der Waals surface area contributed by atoms with Crippen molar-refractivity contribution in [3.05, 3.63) is 58.5 Å². The zero-order chi connectivity index (χ0) is 29.0. The molecule has 0 bridgehead atoms. The Morgan fingerprint density at radius 3 is 1.23 bits per heavy atom. The van der Waals surface area contributed by atoms with Crippen molar-refractivity contribution in [3.63, 3.8) is 0 Å². The molecule has 0 amide bonds. The summed E-state index contributed by atoms with van der Waals surface area (Å²) in [5, 5.41) is 0.665. The Hall–Kier alpha value is -0.886. The molecule has 2 aromatic carbocycles. The summed E-state index contributed by atoms with van der Waals surface area (Å²) in [6.07, 6.45) is 0. The van der Waals surface area contributed by atoms with Crippen molar-refractivity contribution in [1.82, 2.24) is 9.97 Å². The minimum absolute atomic E-state index is 0.600. The summed E-state index contributed by atoms with van der Waals surface area (Å²) < 4.78 is 38.5. The van der Waals surface area contributed by atoms with Gasteiger partial charge in [0.2, 0.25) is 0 Å². The van der Waals surface area contributed by atoms with Gasteiger partial charge in [-0.1, -0.05) is 45.9 Å². The molecule has 0 aliphatic carbocycles. The molecule has 0 spiro atoms. The highest BCUT2D eigenvalue weighted by Gasteiger charge is 2.61. The molecule has 0 fully saturated rings. The van der Waals surface area contributed by atoms with Crippen LogP contribution in [0.5, 0.6) is 0 Å². The maximum absolute atomic E-state index is 6.04. The average Bonchev–Trinajstić information content (AvgIpc) is 3.63. The van der Waals surface area contributed by atoms with Gasteiger partial charge in [0.05, 0.1) is 30.5 Å². The van der Waals surface area contributed by atoms with E-state index in [9.17, 15) is 0 Å². The molecule has 4 rings (SSSR count). The molecule has 0 saturated heterocycles. The third kappa shape index (κ3) is 5.46. The summed E-state index contributed by atoms with van der Waals surface area (Å²) >= 11 is 3.31. The van der Waals surface area contributed by atoms with Crippen LogP contribution in [0.25, 0.3) is 20.4 Å². The lowest BCUT2D eigenvalue weighted by Crippen LogP contribution is -2.62. The van der Waals surface area contributed by atoms with Gasteiger partial charge >= 0.3 is 17.6 Å². The smallest absolute Gasteiger partial charge is 0.376 e. The molecule has 2 heterocycles. The van der Waals surface area contributed by atoms with Crippen molar-refractivity contribution in [1.29, 1.82) is 0 Å². The van der Waals surface area contributed by atoms with E-state index in [4.69, 9.17) is 36.5 Å². The molecule has 2 unspecified atom stereocenters. The molecule has 0 radical (unpaired) electrons. The first-order chi connectivity index (χ1) is 19.2. The molecule has 218 valence electrons. The van der Waals surface area contributed by atoms with Crippen LogP contribution in [-0.4, -0.2) is 81.7 Å². The summed E-state index contributed by atoms with van der Waals surface area (Å²) in [6.45, 7) is 4.26. The van der Waals surface area contributed by atoms with Crippen LogP contribution in [0, 0.1) is 0 Å². The Morgan fingerprint density at radius 2 is 0.925 bits per heavy atom. The SMILES string of the molecule is CO[Si](OC)(OC)C(C)(CSSCC(C)(c1nc2ccccc2s1)[Si](OC)(OC)OC)c1nc2ccccc2s1. The predicted octanol–water partition coefficient (Wildman–Crippen LogP) is 6.34. The van der Waals surface area contributed by atoms with Crippen LogP contribution in [0.3, 0.4) is 0 Å². The normalized spacial score (nSPS) is 15.9. The van der Waals surface area contributed by atoms with E-state index in [0.29, 0.717) is 11.5 Å². The maximum atomic E-state index is 6.04. The van der Waals surface area contributed by atoms with Crippen LogP contribution in [0.2, 0.25) is 0 Å². The van der Waals surface area contributed by atoms with Gasteiger partial charge < -0.3 is 26.6 Å². The highest BCUT2D eigenvalue weighted by atomic mass is 33.1. The average molecular weight is 657 g/mol. The van der Waals surface area contributed by atoms with Gasteiger partial charge in [-0.25, -0.2) is 9.97 Å². The fourth-order valence-corrected chi connectivity index (χ4v) is 17.9. The fourth-order valence-electron chi connectivity index (χ4n) is 4.95. The Labute approximate surface area is 254 Å². The molecule has 14 heteroatoms. The summed E-state index contributed by atoms with van der Waals surface area (Å²) in [5.41, 5.74) is 1.91. The molecule has 2 atom stereocenters. The Balaban J connectivity index is 1.66. The first-order valence-corrected chi connectivity index (χ1v) is 20.1. The van der Waals surface area contributed by atoms with Gasteiger partial charge in [-0.15, -0.1) is 22.7 Å². The van der Waals surface area contributed by atoms with E-state index in [-0.39, 0.29) is 0 Å². The van der Waals surface area contributed by atoms with Gasteiger partial charge in [0, 0.05) is 54.2 Å². The largest absolute Gasteiger partial charge is 0.514 e. The van der Waals surface area contributed by atoms with Gasteiger partial charge in [0.15, 0.2) is 0 Å². The summed E-state index contributed by atoms with van der Waals surface area (Å²) in [4.78, 5) is 10.0. The van der Waals surface area contributed by atoms with E-state index in [1.54, 1.807) is 86.9 Å². The highest BCUT2D eigenvalue weighted by molar-refractivity contribution is 8.76. The fraction of sp³-hybridized carbons (Fsp3) is 0.462. The van der Waals surface area contributed by atoms with Crippen molar-refractivity contribution in [2.75, 3.05) is 54.2 Å². The molecule has 0 aliphatic heterocycles. The third-order valence-electron chi connectivity index (χ3n) is 7.27. The van der Waals surface area contributed by atoms with E-state index in [2.05, 4.69) is 26.0 Å². The number of fused-ring (bicyclic) bond motifs is 2. The van der Waals surface area contributed by atoms with Crippen LogP contribution in [0.1, 0.15) is 23.9 Å². The quantitative estimate of drug-likeness (QED) is 0.0822. The van der Waals surface area contributed by atoms with E-state index in [0.717, 1.165) is 30.4 Å². The molecular formula is C26H36N2O6S4Si2. The van der Waals surface area contributed by atoms with Crippen molar-refractivity contribution in [2.24, 2.45) is 0 Å². The molecule has 0 aliphatic rings. The monoisotopic (exact) mass is 656 g/mol. The zero-order valence-electron chi connectivity index (χ0n) is 24.0. The summed E-state index contributed by atoms with van der Waals surface area (Å²) in [7, 11) is 7.03. The molecule has 0 saturated carbocycles. The summed E-state index contributed by atoms with van der Waals surface area (Å²) in [6, 6.07) is 16.3. The number of benzene rings is 2. The molecule has 4 aromatic rings. The van der Waals surface area contributed by atoms with Crippen LogP contribution >= 0.6 is 44.3 Å². The molecule has 40 heavy (non-hydrogen) atoms.